The zero-order valence-electron chi connectivity index (χ0n) is 25.6. The molecule has 0 radical (unpaired) electrons. The largest absolute Gasteiger partial charge is 0.416 e. The van der Waals surface area contributed by atoms with Crippen LogP contribution < -0.4 is 32.3 Å². The van der Waals surface area contributed by atoms with E-state index in [-0.39, 0.29) is 18.0 Å². The second-order valence-corrected chi connectivity index (χ2v) is 11.4. The number of carbonyl (C=O) groups excluding carboxylic acids is 1. The van der Waals surface area contributed by atoms with E-state index in [0.29, 0.717) is 64.7 Å². The third-order valence-electron chi connectivity index (χ3n) is 7.68. The summed E-state index contributed by atoms with van der Waals surface area (Å²) in [6, 6.07) is 13.9. The number of aromatic nitrogens is 6. The van der Waals surface area contributed by atoms with Crippen LogP contribution in [0.5, 0.6) is 0 Å². The van der Waals surface area contributed by atoms with Crippen LogP contribution in [-0.2, 0) is 4.79 Å². The highest BCUT2D eigenvalue weighted by molar-refractivity contribution is 5.94. The van der Waals surface area contributed by atoms with Crippen molar-refractivity contribution in [1.82, 2.24) is 29.7 Å². The van der Waals surface area contributed by atoms with Gasteiger partial charge in [-0.1, -0.05) is 0 Å². The van der Waals surface area contributed by atoms with Crippen molar-refractivity contribution in [2.45, 2.75) is 45.7 Å². The first-order chi connectivity index (χ1) is 21.8. The number of hydrogen-bond donors (Lipinski definition) is 5. The molecule has 234 valence electrons. The highest BCUT2D eigenvalue weighted by Gasteiger charge is 2.19. The van der Waals surface area contributed by atoms with Crippen LogP contribution in [0.1, 0.15) is 39.7 Å². The minimum absolute atomic E-state index is 0.130. The number of amides is 1. The Morgan fingerprint density at radius 1 is 1.02 bits per heavy atom. The summed E-state index contributed by atoms with van der Waals surface area (Å²) >= 11 is 0. The fourth-order valence-electron chi connectivity index (χ4n) is 5.29. The lowest BCUT2D eigenvalue weighted by Gasteiger charge is -2.32. The first kappa shape index (κ1) is 30.0. The molecule has 0 spiro atoms. The molecule has 2 aromatic carbocycles. The maximum Gasteiger partial charge on any atom is 0.248 e. The smallest absolute Gasteiger partial charge is 0.248 e. The Morgan fingerprint density at radius 2 is 1.73 bits per heavy atom. The van der Waals surface area contributed by atoms with Crippen molar-refractivity contribution in [3.63, 3.8) is 0 Å². The molecule has 1 amide bonds. The molecule has 14 heteroatoms. The average Bonchev–Trinajstić information content (AvgIpc) is 3.69. The summed E-state index contributed by atoms with van der Waals surface area (Å²) in [4.78, 5) is 28.4. The molecule has 5 aromatic rings. The molecule has 7 N–H and O–H groups in total. The van der Waals surface area contributed by atoms with Crippen LogP contribution >= 0.6 is 0 Å². The van der Waals surface area contributed by atoms with Crippen LogP contribution in [0.25, 0.3) is 34.1 Å². The van der Waals surface area contributed by atoms with Gasteiger partial charge in [0.05, 0.1) is 17.7 Å². The van der Waals surface area contributed by atoms with Gasteiger partial charge in [-0.3, -0.25) is 4.79 Å². The van der Waals surface area contributed by atoms with Gasteiger partial charge in [0.25, 0.3) is 0 Å². The van der Waals surface area contributed by atoms with Gasteiger partial charge < -0.3 is 41.3 Å². The molecule has 0 aliphatic carbocycles. The fraction of sp³-hybridized carbons (Fsp3) is 0.355. The molecule has 3 aromatic heterocycles. The number of nitrogens with zero attached hydrogens (tertiary/aromatic N) is 7. The van der Waals surface area contributed by atoms with Crippen LogP contribution in [0.4, 0.5) is 28.8 Å². The van der Waals surface area contributed by atoms with Crippen LogP contribution in [0.3, 0.4) is 0 Å². The zero-order valence-corrected chi connectivity index (χ0v) is 25.6. The second kappa shape index (κ2) is 12.9. The molecule has 0 atom stereocenters. The van der Waals surface area contributed by atoms with Gasteiger partial charge in [0.15, 0.2) is 17.0 Å². The maximum absolute atomic E-state index is 12.1. The van der Waals surface area contributed by atoms with Gasteiger partial charge in [-0.25, -0.2) is 4.98 Å². The molecule has 0 bridgehead atoms. The standard InChI is InChI=1S/C31H38N12O2/c1-18(2)43-17-35-26-27(34-13-12-32)38-31(39-28(26)43)37-25-16-21(6-9-24(25)36-19(3)44)30-41-40-29(45-30)20-4-7-23(8-5-20)42-14-10-22(33)11-15-42/h4-9,16-18,22H,10-15,32-33H2,1-3H3,(H,36,44)(H2,34,37,38,39). The quantitative estimate of drug-likeness (QED) is 0.152. The first-order valence-electron chi connectivity index (χ1n) is 15.1. The van der Waals surface area contributed by atoms with E-state index < -0.39 is 0 Å². The Hall–Kier alpha value is -5.08. The molecular formula is C31H38N12O2. The van der Waals surface area contributed by atoms with Gasteiger partial charge in [0, 0.05) is 62.0 Å². The second-order valence-electron chi connectivity index (χ2n) is 11.4. The Morgan fingerprint density at radius 3 is 2.42 bits per heavy atom. The van der Waals surface area contributed by atoms with Crippen molar-refractivity contribution in [1.29, 1.82) is 0 Å². The number of rotatable bonds is 10. The van der Waals surface area contributed by atoms with Crippen molar-refractivity contribution in [3.05, 3.63) is 48.8 Å². The number of nitrogens with two attached hydrogens (primary N) is 2. The van der Waals surface area contributed by atoms with E-state index in [1.807, 2.05) is 28.8 Å². The molecule has 0 saturated carbocycles. The average molecular weight is 611 g/mol. The molecule has 45 heavy (non-hydrogen) atoms. The Balaban J connectivity index is 1.29. The molecule has 4 heterocycles. The van der Waals surface area contributed by atoms with E-state index in [0.717, 1.165) is 37.2 Å². The topological polar surface area (TPSA) is 191 Å². The molecule has 1 saturated heterocycles. The summed E-state index contributed by atoms with van der Waals surface area (Å²) in [6.07, 6.45) is 3.72. The molecule has 0 unspecified atom stereocenters. The van der Waals surface area contributed by atoms with E-state index >= 15 is 0 Å². The summed E-state index contributed by atoms with van der Waals surface area (Å²) in [5.41, 5.74) is 16.8. The lowest BCUT2D eigenvalue weighted by Crippen LogP contribution is -2.39. The van der Waals surface area contributed by atoms with Crippen LogP contribution in [0, 0.1) is 0 Å². The van der Waals surface area contributed by atoms with Crippen LogP contribution in [-0.4, -0.2) is 67.8 Å². The number of hydrogen-bond acceptors (Lipinski definition) is 12. The summed E-state index contributed by atoms with van der Waals surface area (Å²) in [5.74, 6) is 1.39. The maximum atomic E-state index is 12.1. The third-order valence-corrected chi connectivity index (χ3v) is 7.68. The number of fused-ring (bicyclic) bond motifs is 1. The van der Waals surface area contributed by atoms with Gasteiger partial charge >= 0.3 is 0 Å². The highest BCUT2D eigenvalue weighted by Crippen LogP contribution is 2.33. The van der Waals surface area contributed by atoms with Gasteiger partial charge in [0.1, 0.15) is 0 Å². The van der Waals surface area contributed by atoms with E-state index in [1.54, 1.807) is 12.4 Å². The van der Waals surface area contributed by atoms with Gasteiger partial charge in [-0.05, 0) is 69.2 Å². The summed E-state index contributed by atoms with van der Waals surface area (Å²) in [6.45, 7) is 8.40. The zero-order chi connectivity index (χ0) is 31.5. The van der Waals surface area contributed by atoms with Crippen molar-refractivity contribution in [2.75, 3.05) is 47.0 Å². The molecule has 1 aliphatic heterocycles. The van der Waals surface area contributed by atoms with Crippen LogP contribution in [0.15, 0.2) is 53.2 Å². The monoisotopic (exact) mass is 610 g/mol. The van der Waals surface area contributed by atoms with Crippen LogP contribution in [0.2, 0.25) is 0 Å². The van der Waals surface area contributed by atoms with Gasteiger partial charge in [-0.15, -0.1) is 10.2 Å². The number of benzene rings is 2. The Bertz CT molecular complexity index is 1790. The summed E-state index contributed by atoms with van der Waals surface area (Å²) in [5, 5.41) is 18.0. The van der Waals surface area contributed by atoms with Gasteiger partial charge in [-0.2, -0.15) is 9.97 Å². The highest BCUT2D eigenvalue weighted by atomic mass is 16.4. The Labute approximate surface area is 260 Å². The minimum Gasteiger partial charge on any atom is -0.416 e. The number of anilines is 5. The molecule has 1 fully saturated rings. The lowest BCUT2D eigenvalue weighted by molar-refractivity contribution is -0.114. The fourth-order valence-corrected chi connectivity index (χ4v) is 5.29. The van der Waals surface area contributed by atoms with Crippen molar-refractivity contribution in [3.8, 4) is 22.9 Å². The van der Waals surface area contributed by atoms with E-state index in [1.165, 1.54) is 6.92 Å². The third kappa shape index (κ3) is 6.56. The number of piperidine rings is 1. The molecule has 14 nitrogen and oxygen atoms in total. The van der Waals surface area contributed by atoms with E-state index in [4.69, 9.17) is 20.9 Å². The Kier molecular flexibility index (Phi) is 8.58. The SMILES string of the molecule is CC(=O)Nc1ccc(-c2nnc(-c3ccc(N4CCC(N)CC4)cc3)o2)cc1Nc1nc(NCCN)c2ncn(C(C)C)c2n1. The number of nitrogens with one attached hydrogen (secondary N) is 3. The van der Waals surface area contributed by atoms with Crippen molar-refractivity contribution in [2.24, 2.45) is 11.5 Å². The number of imidazole rings is 1. The predicted octanol–water partition coefficient (Wildman–Crippen LogP) is 4.12. The molecular weight excluding hydrogens is 572 g/mol. The van der Waals surface area contributed by atoms with E-state index in [9.17, 15) is 4.79 Å². The van der Waals surface area contributed by atoms with E-state index in [2.05, 4.69) is 67.0 Å². The molecule has 6 rings (SSSR count). The van der Waals surface area contributed by atoms with Crippen molar-refractivity contribution >= 4 is 45.9 Å². The lowest BCUT2D eigenvalue weighted by atomic mass is 10.1. The first-order valence-corrected chi connectivity index (χ1v) is 15.1. The number of carbonyl (C=O) groups is 1. The van der Waals surface area contributed by atoms with Gasteiger partial charge in [0.2, 0.25) is 23.6 Å². The predicted molar refractivity (Wildman–Crippen MR) is 175 cm³/mol. The minimum atomic E-state index is -0.221. The summed E-state index contributed by atoms with van der Waals surface area (Å²) < 4.78 is 8.07. The normalized spacial score (nSPS) is 13.9. The molecule has 1 aliphatic rings. The van der Waals surface area contributed by atoms with Crippen molar-refractivity contribution < 1.29 is 9.21 Å². The summed E-state index contributed by atoms with van der Waals surface area (Å²) in [7, 11) is 0.